The minimum atomic E-state index is -3.37. The summed E-state index contributed by atoms with van der Waals surface area (Å²) >= 11 is 0. The molecule has 0 aliphatic rings. The van der Waals surface area contributed by atoms with Gasteiger partial charge >= 0.3 is 0 Å². The number of unbranched alkanes of at least 4 members (excludes halogenated alkanes) is 1. The minimum Gasteiger partial charge on any atom is -0.383 e. The van der Waals surface area contributed by atoms with Crippen LogP contribution in [0.5, 0.6) is 0 Å². The second kappa shape index (κ2) is 10.2. The van der Waals surface area contributed by atoms with Crippen molar-refractivity contribution in [2.24, 2.45) is 5.92 Å². The third kappa shape index (κ3) is 6.53. The molecule has 0 N–H and O–H groups in total. The molecule has 0 spiro atoms. The molecule has 0 aromatic carbocycles. The Morgan fingerprint density at radius 1 is 1.38 bits per heavy atom. The molecule has 1 aromatic rings. The quantitative estimate of drug-likeness (QED) is 0.574. The van der Waals surface area contributed by atoms with Crippen LogP contribution in [-0.2, 0) is 27.7 Å². The van der Waals surface area contributed by atoms with Gasteiger partial charge in [-0.25, -0.2) is 13.4 Å². The average molecular weight is 360 g/mol. The van der Waals surface area contributed by atoms with Gasteiger partial charge in [0.15, 0.2) is 0 Å². The summed E-state index contributed by atoms with van der Waals surface area (Å²) in [6, 6.07) is 0. The fourth-order valence-electron chi connectivity index (χ4n) is 2.45. The molecule has 0 radical (unpaired) electrons. The Balaban J connectivity index is 2.99. The maximum absolute atomic E-state index is 12.7. The molecule has 1 heterocycles. The van der Waals surface area contributed by atoms with E-state index in [2.05, 4.69) is 23.9 Å². The van der Waals surface area contributed by atoms with Crippen molar-refractivity contribution in [3.8, 4) is 0 Å². The number of imidazole rings is 1. The third-order valence-electron chi connectivity index (χ3n) is 3.99. The van der Waals surface area contributed by atoms with Crippen LogP contribution in [0, 0.1) is 5.92 Å². The van der Waals surface area contributed by atoms with Gasteiger partial charge in [0, 0.05) is 20.2 Å². The second-order valence-corrected chi connectivity index (χ2v) is 8.77. The van der Waals surface area contributed by atoms with Gasteiger partial charge < -0.3 is 14.2 Å². The fourth-order valence-corrected chi connectivity index (χ4v) is 4.18. The van der Waals surface area contributed by atoms with Crippen molar-refractivity contribution in [1.29, 1.82) is 0 Å². The number of methoxy groups -OCH3 is 1. The Morgan fingerprint density at radius 2 is 2.08 bits per heavy atom. The first-order valence-electron chi connectivity index (χ1n) is 8.76. The average Bonchev–Trinajstić information content (AvgIpc) is 2.92. The Bertz CT molecular complexity index is 582. The summed E-state index contributed by atoms with van der Waals surface area (Å²) < 4.78 is 32.3. The van der Waals surface area contributed by atoms with Crippen LogP contribution < -0.4 is 0 Å². The van der Waals surface area contributed by atoms with E-state index in [1.807, 2.05) is 18.4 Å². The zero-order valence-corrected chi connectivity index (χ0v) is 16.6. The van der Waals surface area contributed by atoms with Gasteiger partial charge in [-0.2, -0.15) is 0 Å². The van der Waals surface area contributed by atoms with E-state index in [0.717, 1.165) is 25.1 Å². The molecule has 140 valence electrons. The van der Waals surface area contributed by atoms with Gasteiger partial charge in [-0.1, -0.05) is 27.2 Å². The van der Waals surface area contributed by atoms with Crippen LogP contribution in [0.3, 0.4) is 0 Å². The highest BCUT2D eigenvalue weighted by Crippen LogP contribution is 2.17. The van der Waals surface area contributed by atoms with Crippen LogP contribution in [-0.4, -0.2) is 55.9 Å². The van der Waals surface area contributed by atoms with E-state index in [-0.39, 0.29) is 10.9 Å². The first-order chi connectivity index (χ1) is 11.3. The normalized spacial score (nSPS) is 12.5. The Hall–Kier alpha value is -0.920. The lowest BCUT2D eigenvalue weighted by Crippen LogP contribution is -2.23. The fraction of sp³-hybridized carbons (Fsp3) is 0.824. The van der Waals surface area contributed by atoms with E-state index < -0.39 is 9.84 Å². The van der Waals surface area contributed by atoms with Crippen molar-refractivity contribution in [3.05, 3.63) is 11.9 Å². The van der Waals surface area contributed by atoms with E-state index >= 15 is 0 Å². The molecule has 0 unspecified atom stereocenters. The summed E-state index contributed by atoms with van der Waals surface area (Å²) in [6.45, 7) is 8.87. The number of aromatic nitrogens is 2. The van der Waals surface area contributed by atoms with Crippen molar-refractivity contribution < 1.29 is 13.2 Å². The monoisotopic (exact) mass is 359 g/mol. The lowest BCUT2D eigenvalue weighted by atomic mass is 10.2. The summed E-state index contributed by atoms with van der Waals surface area (Å²) in [4.78, 5) is 6.45. The predicted molar refractivity (Wildman–Crippen MR) is 96.9 cm³/mol. The molecule has 7 heteroatoms. The summed E-state index contributed by atoms with van der Waals surface area (Å²) in [6.07, 6.45) is 4.61. The lowest BCUT2D eigenvalue weighted by Gasteiger charge is -2.18. The standard InChI is InChI=1S/C17H33N3O3S/c1-6-7-9-19(4)14-16-13-18-17(20(16)10-11-23-5)24(21,22)12-8-15(2)3/h13,15H,6-12,14H2,1-5H3. The first-order valence-corrected chi connectivity index (χ1v) is 10.4. The van der Waals surface area contributed by atoms with Crippen LogP contribution in [0.25, 0.3) is 0 Å². The molecule has 0 amide bonds. The van der Waals surface area contributed by atoms with Crippen molar-refractivity contribution in [1.82, 2.24) is 14.5 Å². The van der Waals surface area contributed by atoms with E-state index in [1.54, 1.807) is 13.3 Å². The molecule has 0 bridgehead atoms. The van der Waals surface area contributed by atoms with E-state index in [4.69, 9.17) is 4.74 Å². The molecule has 24 heavy (non-hydrogen) atoms. The van der Waals surface area contributed by atoms with Crippen molar-refractivity contribution in [2.75, 3.05) is 33.1 Å². The van der Waals surface area contributed by atoms with E-state index in [1.165, 1.54) is 0 Å². The first kappa shape index (κ1) is 21.1. The number of rotatable bonds is 12. The Labute approximate surface area is 147 Å². The molecule has 0 aliphatic heterocycles. The topological polar surface area (TPSA) is 64.4 Å². The van der Waals surface area contributed by atoms with Crippen LogP contribution >= 0.6 is 0 Å². The van der Waals surface area contributed by atoms with Crippen LogP contribution in [0.1, 0.15) is 45.7 Å². The highest BCUT2D eigenvalue weighted by molar-refractivity contribution is 7.91. The van der Waals surface area contributed by atoms with Gasteiger partial charge in [-0.3, -0.25) is 0 Å². The molecule has 1 aromatic heterocycles. The maximum Gasteiger partial charge on any atom is 0.227 e. The molecule has 0 saturated carbocycles. The second-order valence-electron chi connectivity index (χ2n) is 6.77. The smallest absolute Gasteiger partial charge is 0.227 e. The van der Waals surface area contributed by atoms with Crippen molar-refractivity contribution in [3.63, 3.8) is 0 Å². The highest BCUT2D eigenvalue weighted by atomic mass is 32.2. The molecule has 0 saturated heterocycles. The molecule has 1 rings (SSSR count). The maximum atomic E-state index is 12.7. The van der Waals surface area contributed by atoms with Gasteiger partial charge in [0.2, 0.25) is 15.0 Å². The van der Waals surface area contributed by atoms with Gasteiger partial charge in [0.25, 0.3) is 0 Å². The van der Waals surface area contributed by atoms with Crippen molar-refractivity contribution in [2.45, 2.75) is 58.3 Å². The molecule has 6 nitrogen and oxygen atoms in total. The van der Waals surface area contributed by atoms with E-state index in [0.29, 0.717) is 32.0 Å². The predicted octanol–water partition coefficient (Wildman–Crippen LogP) is 2.58. The van der Waals surface area contributed by atoms with Gasteiger partial charge in [-0.05, 0) is 32.4 Å². The van der Waals surface area contributed by atoms with Crippen LogP contribution in [0.15, 0.2) is 11.4 Å². The van der Waals surface area contributed by atoms with Gasteiger partial charge in [0.05, 0.1) is 24.3 Å². The van der Waals surface area contributed by atoms with Crippen molar-refractivity contribution >= 4 is 9.84 Å². The summed E-state index contributed by atoms with van der Waals surface area (Å²) in [5, 5.41) is 0.180. The van der Waals surface area contributed by atoms with Gasteiger partial charge in [-0.15, -0.1) is 0 Å². The highest BCUT2D eigenvalue weighted by Gasteiger charge is 2.23. The minimum absolute atomic E-state index is 0.139. The number of nitrogens with zero attached hydrogens (tertiary/aromatic N) is 3. The van der Waals surface area contributed by atoms with Crippen LogP contribution in [0.2, 0.25) is 0 Å². The summed E-state index contributed by atoms with van der Waals surface area (Å²) in [7, 11) is 0.303. The SMILES string of the molecule is CCCCN(C)Cc1cnc(S(=O)(=O)CCC(C)C)n1CCOC. The summed E-state index contributed by atoms with van der Waals surface area (Å²) in [5.41, 5.74) is 0.925. The number of hydrogen-bond acceptors (Lipinski definition) is 5. The zero-order valence-electron chi connectivity index (χ0n) is 15.8. The molecular formula is C17H33N3O3S. The van der Waals surface area contributed by atoms with Crippen LogP contribution in [0.4, 0.5) is 0 Å². The van der Waals surface area contributed by atoms with E-state index in [9.17, 15) is 8.42 Å². The third-order valence-corrected chi connectivity index (χ3v) is 5.64. The molecular weight excluding hydrogens is 326 g/mol. The molecule has 0 fully saturated rings. The number of sulfone groups is 1. The number of ether oxygens (including phenoxy) is 1. The lowest BCUT2D eigenvalue weighted by molar-refractivity contribution is 0.182. The molecule has 0 atom stereocenters. The number of hydrogen-bond donors (Lipinski definition) is 0. The Kier molecular flexibility index (Phi) is 8.94. The molecule has 0 aliphatic carbocycles. The Morgan fingerprint density at radius 3 is 2.67 bits per heavy atom. The largest absolute Gasteiger partial charge is 0.383 e. The zero-order chi connectivity index (χ0) is 18.2. The summed E-state index contributed by atoms with van der Waals surface area (Å²) in [5.74, 6) is 0.488. The van der Waals surface area contributed by atoms with Gasteiger partial charge in [0.1, 0.15) is 0 Å².